The molecule has 0 aliphatic carbocycles. The van der Waals surface area contributed by atoms with Crippen LogP contribution in [0.4, 0.5) is 4.79 Å². The van der Waals surface area contributed by atoms with E-state index in [2.05, 4.69) is 12.6 Å². The van der Waals surface area contributed by atoms with E-state index < -0.39 is 23.7 Å². The van der Waals surface area contributed by atoms with E-state index in [0.717, 1.165) is 0 Å². The molecule has 0 saturated heterocycles. The predicted molar refractivity (Wildman–Crippen MR) is 54.6 cm³/mol. The molecule has 0 rings (SSSR count). The monoisotopic (exact) mass is 221 g/mol. The van der Waals surface area contributed by atoms with Crippen LogP contribution in [0.2, 0.25) is 0 Å². The van der Waals surface area contributed by atoms with Crippen LogP contribution < -0.4 is 5.32 Å². The summed E-state index contributed by atoms with van der Waals surface area (Å²) in [7, 11) is 0. The van der Waals surface area contributed by atoms with E-state index in [-0.39, 0.29) is 5.75 Å². The summed E-state index contributed by atoms with van der Waals surface area (Å²) in [5.41, 5.74) is -0.627. The number of amides is 1. The number of rotatable bonds is 3. The zero-order chi connectivity index (χ0) is 11.4. The van der Waals surface area contributed by atoms with Crippen LogP contribution in [0.5, 0.6) is 0 Å². The first-order valence-electron chi connectivity index (χ1n) is 4.09. The topological polar surface area (TPSA) is 75.6 Å². The van der Waals surface area contributed by atoms with Crippen molar-refractivity contribution < 1.29 is 19.4 Å². The summed E-state index contributed by atoms with van der Waals surface area (Å²) >= 11 is 3.85. The summed E-state index contributed by atoms with van der Waals surface area (Å²) in [5.74, 6) is -0.545. The molecule has 0 heterocycles. The highest BCUT2D eigenvalue weighted by Gasteiger charge is 2.25. The maximum Gasteiger partial charge on any atom is 0.405 e. The molecule has 1 amide bonds. The van der Waals surface area contributed by atoms with E-state index in [1.807, 2.05) is 5.32 Å². The molecule has 0 aliphatic rings. The highest BCUT2D eigenvalue weighted by atomic mass is 32.1. The highest BCUT2D eigenvalue weighted by molar-refractivity contribution is 7.80. The molecule has 1 atom stereocenters. The smallest absolute Gasteiger partial charge is 0.405 e. The standard InChI is InChI=1S/C8H15NO4S/c1-8(2,3)13-6(10)5(4-14)9-7(11)12/h5,9,14H,4H2,1-3H3,(H,11,12)/t5-/m0/s1. The van der Waals surface area contributed by atoms with Crippen LogP contribution >= 0.6 is 12.6 Å². The molecule has 2 N–H and O–H groups in total. The average molecular weight is 221 g/mol. The summed E-state index contributed by atoms with van der Waals surface area (Å²) < 4.78 is 4.98. The Bertz CT molecular complexity index is 224. The largest absolute Gasteiger partial charge is 0.465 e. The van der Waals surface area contributed by atoms with Gasteiger partial charge in [-0.15, -0.1) is 0 Å². The zero-order valence-corrected chi connectivity index (χ0v) is 9.30. The molecule has 0 radical (unpaired) electrons. The third-order valence-electron chi connectivity index (χ3n) is 1.17. The van der Waals surface area contributed by atoms with Gasteiger partial charge in [-0.05, 0) is 20.8 Å². The molecule has 5 nitrogen and oxygen atoms in total. The molecule has 0 fully saturated rings. The molecule has 0 aliphatic heterocycles. The lowest BCUT2D eigenvalue weighted by atomic mass is 10.2. The Morgan fingerprint density at radius 1 is 1.50 bits per heavy atom. The number of carboxylic acid groups (broad SMARTS) is 1. The lowest BCUT2D eigenvalue weighted by Crippen LogP contribution is -2.44. The van der Waals surface area contributed by atoms with Crippen LogP contribution in [0, 0.1) is 0 Å². The number of carbonyl (C=O) groups is 2. The first kappa shape index (κ1) is 13.1. The summed E-state index contributed by atoms with van der Waals surface area (Å²) in [4.78, 5) is 21.6. The maximum absolute atomic E-state index is 11.3. The Morgan fingerprint density at radius 3 is 2.29 bits per heavy atom. The zero-order valence-electron chi connectivity index (χ0n) is 8.40. The summed E-state index contributed by atoms with van der Waals surface area (Å²) in [6.45, 7) is 5.13. The van der Waals surface area contributed by atoms with Gasteiger partial charge >= 0.3 is 12.1 Å². The Labute approximate surface area is 88.2 Å². The van der Waals surface area contributed by atoms with Crippen molar-refractivity contribution in [3.05, 3.63) is 0 Å². The first-order chi connectivity index (χ1) is 6.26. The number of ether oxygens (including phenoxy) is 1. The van der Waals surface area contributed by atoms with Crippen molar-refractivity contribution >= 4 is 24.7 Å². The average Bonchev–Trinajstić information content (AvgIpc) is 1.96. The minimum Gasteiger partial charge on any atom is -0.465 e. The van der Waals surface area contributed by atoms with Crippen LogP contribution in [0.25, 0.3) is 0 Å². The van der Waals surface area contributed by atoms with Crippen LogP contribution in [0.3, 0.4) is 0 Å². The SMILES string of the molecule is CC(C)(C)OC(=O)[C@H](CS)NC(=O)O. The lowest BCUT2D eigenvalue weighted by molar-refractivity contribution is -0.156. The van der Waals surface area contributed by atoms with Crippen LogP contribution in [0.15, 0.2) is 0 Å². The van der Waals surface area contributed by atoms with E-state index in [1.54, 1.807) is 20.8 Å². The van der Waals surface area contributed by atoms with Crippen molar-refractivity contribution in [3.8, 4) is 0 Å². The quantitative estimate of drug-likeness (QED) is 0.489. The fourth-order valence-corrected chi connectivity index (χ4v) is 0.941. The summed E-state index contributed by atoms with van der Waals surface area (Å²) in [6.07, 6.45) is -1.27. The van der Waals surface area contributed by atoms with E-state index in [9.17, 15) is 9.59 Å². The van der Waals surface area contributed by atoms with Gasteiger partial charge in [0, 0.05) is 5.75 Å². The van der Waals surface area contributed by atoms with Crippen molar-refractivity contribution in [1.29, 1.82) is 0 Å². The summed E-state index contributed by atoms with van der Waals surface area (Å²) in [6, 6.07) is -0.921. The van der Waals surface area contributed by atoms with Crippen molar-refractivity contribution in [1.82, 2.24) is 5.32 Å². The molecule has 0 saturated carbocycles. The second kappa shape index (κ2) is 5.09. The molecule has 0 aromatic carbocycles. The third-order valence-corrected chi connectivity index (χ3v) is 1.54. The normalized spacial score (nSPS) is 13.1. The van der Waals surface area contributed by atoms with Gasteiger partial charge in [0.2, 0.25) is 0 Å². The van der Waals surface area contributed by atoms with Gasteiger partial charge < -0.3 is 15.2 Å². The molecule has 0 bridgehead atoms. The van der Waals surface area contributed by atoms with Crippen molar-refractivity contribution in [2.45, 2.75) is 32.4 Å². The lowest BCUT2D eigenvalue weighted by Gasteiger charge is -2.22. The van der Waals surface area contributed by atoms with Gasteiger partial charge in [-0.3, -0.25) is 0 Å². The second-order valence-electron chi connectivity index (χ2n) is 3.72. The van der Waals surface area contributed by atoms with Crippen LogP contribution in [-0.4, -0.2) is 34.6 Å². The van der Waals surface area contributed by atoms with Crippen LogP contribution in [-0.2, 0) is 9.53 Å². The number of carbonyl (C=O) groups excluding carboxylic acids is 1. The Kier molecular flexibility index (Phi) is 4.76. The van der Waals surface area contributed by atoms with E-state index in [4.69, 9.17) is 9.84 Å². The van der Waals surface area contributed by atoms with Crippen molar-refractivity contribution in [3.63, 3.8) is 0 Å². The fourth-order valence-electron chi connectivity index (χ4n) is 0.701. The third kappa shape index (κ3) is 5.69. The van der Waals surface area contributed by atoms with Crippen molar-refractivity contribution in [2.75, 3.05) is 5.75 Å². The molecular weight excluding hydrogens is 206 g/mol. The van der Waals surface area contributed by atoms with Crippen LogP contribution in [0.1, 0.15) is 20.8 Å². The molecule has 82 valence electrons. The number of esters is 1. The molecule has 0 aromatic rings. The minimum absolute atomic E-state index is 0.0706. The first-order valence-corrected chi connectivity index (χ1v) is 4.72. The highest BCUT2D eigenvalue weighted by Crippen LogP contribution is 2.08. The molecular formula is C8H15NO4S. The fraction of sp³-hybridized carbons (Fsp3) is 0.750. The molecule has 14 heavy (non-hydrogen) atoms. The molecule has 0 unspecified atom stereocenters. The number of hydrogen-bond donors (Lipinski definition) is 3. The Morgan fingerprint density at radius 2 is 2.00 bits per heavy atom. The van der Waals surface area contributed by atoms with E-state index >= 15 is 0 Å². The minimum atomic E-state index is -1.27. The van der Waals surface area contributed by atoms with E-state index in [0.29, 0.717) is 0 Å². The number of nitrogens with one attached hydrogen (secondary N) is 1. The number of thiol groups is 1. The van der Waals surface area contributed by atoms with Gasteiger partial charge in [-0.1, -0.05) is 0 Å². The Balaban J connectivity index is 4.25. The van der Waals surface area contributed by atoms with E-state index in [1.165, 1.54) is 0 Å². The van der Waals surface area contributed by atoms with Gasteiger partial charge in [0.1, 0.15) is 11.6 Å². The van der Waals surface area contributed by atoms with Crippen molar-refractivity contribution in [2.24, 2.45) is 0 Å². The van der Waals surface area contributed by atoms with Gasteiger partial charge in [0.25, 0.3) is 0 Å². The number of hydrogen-bond acceptors (Lipinski definition) is 4. The maximum atomic E-state index is 11.3. The second-order valence-corrected chi connectivity index (χ2v) is 4.08. The molecule has 0 spiro atoms. The van der Waals surface area contributed by atoms with Gasteiger partial charge in [-0.25, -0.2) is 9.59 Å². The Hall–Kier alpha value is -0.910. The molecule has 6 heteroatoms. The predicted octanol–water partition coefficient (Wildman–Crippen LogP) is 0.894. The summed E-state index contributed by atoms with van der Waals surface area (Å²) in [5, 5.41) is 10.4. The van der Waals surface area contributed by atoms with Gasteiger partial charge in [-0.2, -0.15) is 12.6 Å². The van der Waals surface area contributed by atoms with Gasteiger partial charge in [0.15, 0.2) is 0 Å². The molecule has 0 aromatic heterocycles. The van der Waals surface area contributed by atoms with Gasteiger partial charge in [0.05, 0.1) is 0 Å².